The lowest BCUT2D eigenvalue weighted by Crippen LogP contribution is -2.22. The maximum Gasteiger partial charge on any atom is 0.230 e. The van der Waals surface area contributed by atoms with Gasteiger partial charge in [-0.1, -0.05) is 25.1 Å². The molecule has 2 unspecified atom stereocenters. The van der Waals surface area contributed by atoms with Gasteiger partial charge in [0.1, 0.15) is 5.75 Å². The average molecular weight is 324 g/mol. The van der Waals surface area contributed by atoms with Crippen molar-refractivity contribution in [2.75, 3.05) is 6.61 Å². The van der Waals surface area contributed by atoms with E-state index >= 15 is 0 Å². The molecule has 2 amide bonds. The summed E-state index contributed by atoms with van der Waals surface area (Å²) in [5, 5.41) is 2.34. The van der Waals surface area contributed by atoms with E-state index < -0.39 is 0 Å². The first-order chi connectivity index (χ1) is 11.6. The fraction of sp³-hybridized carbons (Fsp3) is 0.316. The minimum absolute atomic E-state index is 0.176. The van der Waals surface area contributed by atoms with E-state index in [0.29, 0.717) is 13.0 Å². The summed E-state index contributed by atoms with van der Waals surface area (Å²) in [6, 6.07) is 13.5. The van der Waals surface area contributed by atoms with Gasteiger partial charge in [0.05, 0.1) is 12.5 Å². The fourth-order valence-corrected chi connectivity index (χ4v) is 2.75. The van der Waals surface area contributed by atoms with Crippen molar-refractivity contribution in [3.63, 3.8) is 0 Å². The molecule has 1 aliphatic heterocycles. The van der Waals surface area contributed by atoms with E-state index in [9.17, 15) is 9.59 Å². The molecule has 2 heterocycles. The van der Waals surface area contributed by atoms with Gasteiger partial charge in [0.2, 0.25) is 11.8 Å². The molecule has 1 aromatic carbocycles. The van der Waals surface area contributed by atoms with Crippen LogP contribution in [0.25, 0.3) is 0 Å². The van der Waals surface area contributed by atoms with Crippen LogP contribution >= 0.6 is 0 Å². The van der Waals surface area contributed by atoms with E-state index in [4.69, 9.17) is 4.74 Å². The van der Waals surface area contributed by atoms with Gasteiger partial charge < -0.3 is 4.74 Å². The highest BCUT2D eigenvalue weighted by atomic mass is 16.5. The molecule has 0 bridgehead atoms. The number of nitrogens with one attached hydrogen (secondary N) is 1. The Morgan fingerprint density at radius 1 is 1.21 bits per heavy atom. The Morgan fingerprint density at radius 2 is 2.00 bits per heavy atom. The molecule has 24 heavy (non-hydrogen) atoms. The zero-order valence-corrected chi connectivity index (χ0v) is 13.6. The second-order valence-corrected chi connectivity index (χ2v) is 6.13. The summed E-state index contributed by atoms with van der Waals surface area (Å²) >= 11 is 0. The zero-order valence-electron chi connectivity index (χ0n) is 13.6. The largest absolute Gasteiger partial charge is 0.493 e. The second kappa shape index (κ2) is 7.25. The van der Waals surface area contributed by atoms with E-state index in [0.717, 1.165) is 17.0 Å². The molecule has 1 aliphatic rings. The minimum Gasteiger partial charge on any atom is -0.493 e. The van der Waals surface area contributed by atoms with Crippen LogP contribution in [-0.4, -0.2) is 23.4 Å². The first kappa shape index (κ1) is 16.2. The number of hydrogen-bond acceptors (Lipinski definition) is 4. The lowest BCUT2D eigenvalue weighted by Gasteiger charge is -2.13. The normalized spacial score (nSPS) is 18.3. The summed E-state index contributed by atoms with van der Waals surface area (Å²) in [6.45, 7) is 2.63. The predicted octanol–water partition coefficient (Wildman–Crippen LogP) is 2.47. The molecule has 124 valence electrons. The summed E-state index contributed by atoms with van der Waals surface area (Å²) < 4.78 is 5.81. The Bertz CT molecular complexity index is 713. The van der Waals surface area contributed by atoms with Crippen LogP contribution in [0.1, 0.15) is 30.5 Å². The van der Waals surface area contributed by atoms with Crippen LogP contribution in [0.2, 0.25) is 0 Å². The van der Waals surface area contributed by atoms with Gasteiger partial charge in [0.15, 0.2) is 0 Å². The maximum absolute atomic E-state index is 11.6. The Morgan fingerprint density at radius 3 is 2.62 bits per heavy atom. The summed E-state index contributed by atoms with van der Waals surface area (Å²) in [7, 11) is 0. The highest BCUT2D eigenvalue weighted by molar-refractivity contribution is 6.03. The molecular formula is C19H20N2O3. The van der Waals surface area contributed by atoms with Gasteiger partial charge in [-0.2, -0.15) is 0 Å². The summed E-state index contributed by atoms with van der Waals surface area (Å²) in [5.41, 5.74) is 2.03. The van der Waals surface area contributed by atoms with Crippen molar-refractivity contribution >= 4 is 11.8 Å². The van der Waals surface area contributed by atoms with Gasteiger partial charge in [-0.15, -0.1) is 0 Å². The highest BCUT2D eigenvalue weighted by Crippen LogP contribution is 2.21. The van der Waals surface area contributed by atoms with Crippen LogP contribution in [0.5, 0.6) is 5.75 Å². The molecule has 1 N–H and O–H groups in total. The van der Waals surface area contributed by atoms with E-state index in [1.807, 2.05) is 42.5 Å². The van der Waals surface area contributed by atoms with Gasteiger partial charge >= 0.3 is 0 Å². The number of ether oxygens (including phenoxy) is 1. The SMILES string of the molecule is CC(COc1ccc(CC2CC(=O)NC2=O)cc1)c1ccccn1. The monoisotopic (exact) mass is 324 g/mol. The molecule has 0 saturated carbocycles. The van der Waals surface area contributed by atoms with Crippen molar-refractivity contribution in [1.29, 1.82) is 0 Å². The van der Waals surface area contributed by atoms with Crippen LogP contribution < -0.4 is 10.1 Å². The molecule has 2 aromatic rings. The third-order valence-corrected chi connectivity index (χ3v) is 4.16. The number of rotatable bonds is 6. The van der Waals surface area contributed by atoms with E-state index in [1.165, 1.54) is 0 Å². The van der Waals surface area contributed by atoms with Crippen molar-refractivity contribution < 1.29 is 14.3 Å². The summed E-state index contributed by atoms with van der Waals surface area (Å²) in [4.78, 5) is 27.2. The van der Waals surface area contributed by atoms with Gasteiger partial charge in [-0.3, -0.25) is 19.9 Å². The quantitative estimate of drug-likeness (QED) is 0.829. The summed E-state index contributed by atoms with van der Waals surface area (Å²) in [6.07, 6.45) is 2.63. The Hall–Kier alpha value is -2.69. The van der Waals surface area contributed by atoms with E-state index in [-0.39, 0.29) is 30.1 Å². The molecule has 1 fully saturated rings. The van der Waals surface area contributed by atoms with Crippen molar-refractivity contribution in [2.24, 2.45) is 5.92 Å². The molecule has 5 nitrogen and oxygen atoms in total. The number of imide groups is 1. The zero-order chi connectivity index (χ0) is 16.9. The number of carbonyl (C=O) groups is 2. The van der Waals surface area contributed by atoms with Crippen molar-refractivity contribution in [1.82, 2.24) is 10.3 Å². The third-order valence-electron chi connectivity index (χ3n) is 4.16. The van der Waals surface area contributed by atoms with Gasteiger partial charge in [0.25, 0.3) is 0 Å². The van der Waals surface area contributed by atoms with E-state index in [2.05, 4.69) is 17.2 Å². The molecule has 1 saturated heterocycles. The lowest BCUT2D eigenvalue weighted by molar-refractivity contribution is -0.125. The fourth-order valence-electron chi connectivity index (χ4n) is 2.75. The first-order valence-corrected chi connectivity index (χ1v) is 8.08. The molecule has 3 rings (SSSR count). The molecule has 5 heteroatoms. The van der Waals surface area contributed by atoms with Gasteiger partial charge in [-0.25, -0.2) is 0 Å². The highest BCUT2D eigenvalue weighted by Gasteiger charge is 2.30. The molecule has 0 aliphatic carbocycles. The van der Waals surface area contributed by atoms with Crippen molar-refractivity contribution in [3.05, 3.63) is 59.9 Å². The third kappa shape index (κ3) is 3.98. The average Bonchev–Trinajstić information content (AvgIpc) is 2.92. The number of pyridine rings is 1. The van der Waals surface area contributed by atoms with Gasteiger partial charge in [-0.05, 0) is 36.2 Å². The van der Waals surface area contributed by atoms with Crippen LogP contribution in [-0.2, 0) is 16.0 Å². The number of hydrogen-bond donors (Lipinski definition) is 1. The number of nitrogens with zero attached hydrogens (tertiary/aromatic N) is 1. The molecule has 1 aromatic heterocycles. The van der Waals surface area contributed by atoms with Crippen molar-refractivity contribution in [2.45, 2.75) is 25.7 Å². The predicted molar refractivity (Wildman–Crippen MR) is 89.5 cm³/mol. The Kier molecular flexibility index (Phi) is 4.89. The number of amides is 2. The second-order valence-electron chi connectivity index (χ2n) is 6.13. The van der Waals surface area contributed by atoms with Crippen molar-refractivity contribution in [3.8, 4) is 5.75 Å². The number of aromatic nitrogens is 1. The lowest BCUT2D eigenvalue weighted by atomic mass is 9.98. The number of carbonyl (C=O) groups excluding carboxylic acids is 2. The first-order valence-electron chi connectivity index (χ1n) is 8.08. The van der Waals surface area contributed by atoms with Crippen LogP contribution in [0.15, 0.2) is 48.7 Å². The Balaban J connectivity index is 1.53. The molecular weight excluding hydrogens is 304 g/mol. The van der Waals surface area contributed by atoms with Crippen LogP contribution in [0.3, 0.4) is 0 Å². The van der Waals surface area contributed by atoms with Gasteiger partial charge in [0, 0.05) is 24.2 Å². The smallest absolute Gasteiger partial charge is 0.230 e. The topological polar surface area (TPSA) is 68.3 Å². The molecule has 2 atom stereocenters. The Labute approximate surface area is 141 Å². The van der Waals surface area contributed by atoms with Crippen LogP contribution in [0.4, 0.5) is 0 Å². The molecule has 0 radical (unpaired) electrons. The van der Waals surface area contributed by atoms with Crippen LogP contribution in [0, 0.1) is 5.92 Å². The maximum atomic E-state index is 11.6. The molecule has 0 spiro atoms. The standard InChI is InChI=1S/C19H20N2O3/c1-13(17-4-2-3-9-20-17)12-24-16-7-5-14(6-8-16)10-15-11-18(22)21-19(15)23/h2-9,13,15H,10-12H2,1H3,(H,21,22,23). The van der Waals surface area contributed by atoms with E-state index in [1.54, 1.807) is 6.20 Å². The summed E-state index contributed by atoms with van der Waals surface area (Å²) in [5.74, 6) is 0.374. The minimum atomic E-state index is -0.256. The number of benzene rings is 1.